The van der Waals surface area contributed by atoms with Gasteiger partial charge in [0, 0.05) is 36.0 Å². The summed E-state index contributed by atoms with van der Waals surface area (Å²) in [5, 5.41) is 3.75. The number of hydrogen-bond donors (Lipinski definition) is 1. The van der Waals surface area contributed by atoms with E-state index in [-0.39, 0.29) is 18.4 Å². The van der Waals surface area contributed by atoms with Gasteiger partial charge >= 0.3 is 5.97 Å². The predicted molar refractivity (Wildman–Crippen MR) is 106 cm³/mol. The molecule has 6 nitrogen and oxygen atoms in total. The first kappa shape index (κ1) is 19.4. The first-order chi connectivity index (χ1) is 13.1. The summed E-state index contributed by atoms with van der Waals surface area (Å²) in [5.74, 6) is -0.332. The van der Waals surface area contributed by atoms with E-state index in [1.807, 2.05) is 29.2 Å². The van der Waals surface area contributed by atoms with E-state index in [1.54, 1.807) is 6.92 Å². The predicted octanol–water partition coefficient (Wildman–Crippen LogP) is 3.81. The summed E-state index contributed by atoms with van der Waals surface area (Å²) in [4.78, 5) is 38.5. The standard InChI is InChI=1S/C20H24N2O4S/c1-2-26-20(25)19-18(14-8-3-4-9-15(14)27-19)21-16(23)10-5-6-12-22-13-7-11-17(22)24/h3-4,8-9H,2,5-7,10-13H2,1H3,(H,21,23). The van der Waals surface area contributed by atoms with E-state index < -0.39 is 5.97 Å². The molecule has 1 aromatic carbocycles. The number of carbonyl (C=O) groups is 3. The molecule has 27 heavy (non-hydrogen) atoms. The Morgan fingerprint density at radius 2 is 2.07 bits per heavy atom. The maximum atomic E-state index is 12.4. The van der Waals surface area contributed by atoms with Gasteiger partial charge in [0.15, 0.2) is 0 Å². The molecule has 3 rings (SSSR count). The van der Waals surface area contributed by atoms with Crippen molar-refractivity contribution < 1.29 is 19.1 Å². The van der Waals surface area contributed by atoms with Gasteiger partial charge in [-0.3, -0.25) is 9.59 Å². The van der Waals surface area contributed by atoms with E-state index in [0.717, 1.165) is 29.5 Å². The molecule has 1 aliphatic heterocycles. The monoisotopic (exact) mass is 388 g/mol. The molecular weight excluding hydrogens is 364 g/mol. The van der Waals surface area contributed by atoms with Crippen LogP contribution in [-0.4, -0.2) is 42.4 Å². The van der Waals surface area contributed by atoms with Crippen LogP contribution in [0.25, 0.3) is 10.1 Å². The van der Waals surface area contributed by atoms with Crippen LogP contribution in [0.5, 0.6) is 0 Å². The van der Waals surface area contributed by atoms with Gasteiger partial charge in [-0.15, -0.1) is 11.3 Å². The topological polar surface area (TPSA) is 75.7 Å². The Morgan fingerprint density at radius 1 is 1.26 bits per heavy atom. The Balaban J connectivity index is 1.61. The zero-order chi connectivity index (χ0) is 19.2. The smallest absolute Gasteiger partial charge is 0.350 e. The molecule has 2 aromatic rings. The van der Waals surface area contributed by atoms with E-state index in [0.29, 0.717) is 36.4 Å². The Labute approximate surface area is 162 Å². The first-order valence-corrected chi connectivity index (χ1v) is 10.2. The number of rotatable bonds is 8. The number of thiophene rings is 1. The molecule has 1 aromatic heterocycles. The van der Waals surface area contributed by atoms with Gasteiger partial charge in [0.05, 0.1) is 12.3 Å². The van der Waals surface area contributed by atoms with Crippen molar-refractivity contribution in [2.24, 2.45) is 0 Å². The Kier molecular flexibility index (Phi) is 6.45. The fraction of sp³-hybridized carbons (Fsp3) is 0.450. The van der Waals surface area contributed by atoms with E-state index in [4.69, 9.17) is 4.74 Å². The average molecular weight is 388 g/mol. The number of carbonyl (C=O) groups excluding carboxylic acids is 3. The second kappa shape index (κ2) is 8.99. The zero-order valence-electron chi connectivity index (χ0n) is 15.5. The van der Waals surface area contributed by atoms with Crippen molar-refractivity contribution in [3.05, 3.63) is 29.1 Å². The van der Waals surface area contributed by atoms with Gasteiger partial charge in [-0.25, -0.2) is 4.79 Å². The van der Waals surface area contributed by atoms with Crippen molar-refractivity contribution in [2.45, 2.75) is 39.0 Å². The number of fused-ring (bicyclic) bond motifs is 1. The summed E-state index contributed by atoms with van der Waals surface area (Å²) in [6.07, 6.45) is 3.43. The van der Waals surface area contributed by atoms with Crippen molar-refractivity contribution in [2.75, 3.05) is 25.0 Å². The number of esters is 1. The Morgan fingerprint density at radius 3 is 2.81 bits per heavy atom. The molecule has 0 unspecified atom stereocenters. The summed E-state index contributed by atoms with van der Waals surface area (Å²) in [6, 6.07) is 7.60. The fourth-order valence-corrected chi connectivity index (χ4v) is 4.29. The van der Waals surface area contributed by atoms with Gasteiger partial charge in [-0.2, -0.15) is 0 Å². The van der Waals surface area contributed by atoms with Gasteiger partial charge in [-0.1, -0.05) is 18.2 Å². The number of anilines is 1. The van der Waals surface area contributed by atoms with E-state index >= 15 is 0 Å². The molecule has 0 spiro atoms. The number of hydrogen-bond acceptors (Lipinski definition) is 5. The van der Waals surface area contributed by atoms with Gasteiger partial charge in [-0.05, 0) is 32.3 Å². The molecule has 0 atom stereocenters. The Hall–Kier alpha value is -2.41. The normalized spacial score (nSPS) is 14.0. The van der Waals surface area contributed by atoms with E-state index in [1.165, 1.54) is 11.3 Å². The molecule has 1 fully saturated rings. The van der Waals surface area contributed by atoms with Crippen molar-refractivity contribution in [3.63, 3.8) is 0 Å². The van der Waals surface area contributed by atoms with Crippen LogP contribution in [0.15, 0.2) is 24.3 Å². The van der Waals surface area contributed by atoms with Crippen molar-refractivity contribution in [1.82, 2.24) is 4.90 Å². The molecule has 7 heteroatoms. The van der Waals surface area contributed by atoms with Gasteiger partial charge < -0.3 is 15.0 Å². The lowest BCUT2D eigenvalue weighted by atomic mass is 10.2. The molecule has 1 aliphatic rings. The highest BCUT2D eigenvalue weighted by Crippen LogP contribution is 2.36. The summed E-state index contributed by atoms with van der Waals surface area (Å²) in [6.45, 7) is 3.58. The average Bonchev–Trinajstić information content (AvgIpc) is 3.23. The number of nitrogens with zero attached hydrogens (tertiary/aromatic N) is 1. The van der Waals surface area contributed by atoms with E-state index in [2.05, 4.69) is 5.32 Å². The maximum Gasteiger partial charge on any atom is 0.350 e. The molecule has 0 bridgehead atoms. The SMILES string of the molecule is CCOC(=O)c1sc2ccccc2c1NC(=O)CCCCN1CCCC1=O. The molecule has 2 amide bonds. The molecule has 0 aliphatic carbocycles. The van der Waals surface area contributed by atoms with Crippen LogP contribution in [0.3, 0.4) is 0 Å². The molecular formula is C20H24N2O4S. The van der Waals surface area contributed by atoms with Crippen LogP contribution in [0.4, 0.5) is 5.69 Å². The van der Waals surface area contributed by atoms with Crippen molar-refractivity contribution in [1.29, 1.82) is 0 Å². The lowest BCUT2D eigenvalue weighted by Gasteiger charge is -2.14. The minimum absolute atomic E-state index is 0.128. The number of likely N-dealkylation sites (tertiary alicyclic amines) is 1. The van der Waals surface area contributed by atoms with Crippen LogP contribution >= 0.6 is 11.3 Å². The van der Waals surface area contributed by atoms with Crippen molar-refractivity contribution in [3.8, 4) is 0 Å². The van der Waals surface area contributed by atoms with Crippen LogP contribution in [0.1, 0.15) is 48.7 Å². The number of benzene rings is 1. The van der Waals surface area contributed by atoms with Crippen LogP contribution < -0.4 is 5.32 Å². The maximum absolute atomic E-state index is 12.4. The molecule has 0 saturated carbocycles. The highest BCUT2D eigenvalue weighted by Gasteiger charge is 2.21. The lowest BCUT2D eigenvalue weighted by molar-refractivity contribution is -0.127. The first-order valence-electron chi connectivity index (χ1n) is 9.36. The number of amides is 2. The minimum atomic E-state index is -0.415. The number of unbranched alkanes of at least 4 members (excludes halogenated alkanes) is 1. The van der Waals surface area contributed by atoms with Gasteiger partial charge in [0.1, 0.15) is 4.88 Å². The third-order valence-corrected chi connectivity index (χ3v) is 5.72. The second-order valence-electron chi connectivity index (χ2n) is 6.51. The number of ether oxygens (including phenoxy) is 1. The molecule has 1 saturated heterocycles. The van der Waals surface area contributed by atoms with Crippen molar-refractivity contribution >= 4 is 44.9 Å². The largest absolute Gasteiger partial charge is 0.462 e. The molecule has 0 radical (unpaired) electrons. The van der Waals surface area contributed by atoms with Crippen LogP contribution in [-0.2, 0) is 14.3 Å². The minimum Gasteiger partial charge on any atom is -0.462 e. The quantitative estimate of drug-likeness (QED) is 0.551. The third kappa shape index (κ3) is 4.66. The summed E-state index contributed by atoms with van der Waals surface area (Å²) in [7, 11) is 0. The third-order valence-electron chi connectivity index (χ3n) is 4.57. The highest BCUT2D eigenvalue weighted by atomic mass is 32.1. The second-order valence-corrected chi connectivity index (χ2v) is 7.56. The van der Waals surface area contributed by atoms with Gasteiger partial charge in [0.25, 0.3) is 0 Å². The zero-order valence-corrected chi connectivity index (χ0v) is 16.3. The lowest BCUT2D eigenvalue weighted by Crippen LogP contribution is -2.25. The molecule has 1 N–H and O–H groups in total. The fourth-order valence-electron chi connectivity index (χ4n) is 3.24. The summed E-state index contributed by atoms with van der Waals surface area (Å²) >= 11 is 1.33. The van der Waals surface area contributed by atoms with Crippen LogP contribution in [0, 0.1) is 0 Å². The molecule has 2 heterocycles. The van der Waals surface area contributed by atoms with E-state index in [9.17, 15) is 14.4 Å². The summed E-state index contributed by atoms with van der Waals surface area (Å²) < 4.78 is 6.06. The number of nitrogens with one attached hydrogen (secondary N) is 1. The molecule has 144 valence electrons. The van der Waals surface area contributed by atoms with Gasteiger partial charge in [0.2, 0.25) is 11.8 Å². The Bertz CT molecular complexity index is 846. The summed E-state index contributed by atoms with van der Waals surface area (Å²) in [5.41, 5.74) is 0.536. The van der Waals surface area contributed by atoms with Crippen LogP contribution in [0.2, 0.25) is 0 Å². The highest BCUT2D eigenvalue weighted by molar-refractivity contribution is 7.21.